The molecule has 5 nitrogen and oxygen atoms in total. The maximum Gasteiger partial charge on any atom is 0.306 e. The number of carbonyl (C=O) groups is 1. The molecule has 1 fully saturated rings. The number of halogens is 1. The van der Waals surface area contributed by atoms with Gasteiger partial charge in [0.1, 0.15) is 0 Å². The number of sulfonamides is 1. The van der Waals surface area contributed by atoms with E-state index in [-0.39, 0.29) is 10.9 Å². The zero-order chi connectivity index (χ0) is 14.2. The molecule has 7 heteroatoms. The average molecular weight is 304 g/mol. The van der Waals surface area contributed by atoms with Gasteiger partial charge in [0.15, 0.2) is 0 Å². The van der Waals surface area contributed by atoms with Gasteiger partial charge in [0, 0.05) is 11.1 Å². The fourth-order valence-corrected chi connectivity index (χ4v) is 3.48. The third-order valence-electron chi connectivity index (χ3n) is 3.26. The second-order valence-corrected chi connectivity index (χ2v) is 6.86. The van der Waals surface area contributed by atoms with E-state index in [1.807, 2.05) is 0 Å². The Hall–Kier alpha value is -1.11. The minimum Gasteiger partial charge on any atom is -0.481 e. The summed E-state index contributed by atoms with van der Waals surface area (Å²) in [6.45, 7) is 1.79. The van der Waals surface area contributed by atoms with Gasteiger partial charge in [-0.05, 0) is 37.5 Å². The zero-order valence-electron chi connectivity index (χ0n) is 10.3. The number of aryl methyl sites for hydroxylation is 1. The Balaban J connectivity index is 2.07. The first-order chi connectivity index (χ1) is 8.79. The summed E-state index contributed by atoms with van der Waals surface area (Å²) < 4.78 is 26.6. The Morgan fingerprint density at radius 1 is 1.42 bits per heavy atom. The maximum absolute atomic E-state index is 12.1. The van der Waals surface area contributed by atoms with Crippen molar-refractivity contribution in [3.05, 3.63) is 28.8 Å². The van der Waals surface area contributed by atoms with Crippen LogP contribution in [0.3, 0.4) is 0 Å². The summed E-state index contributed by atoms with van der Waals surface area (Å²) in [5.74, 6) is -1.33. The van der Waals surface area contributed by atoms with Gasteiger partial charge in [-0.1, -0.05) is 17.7 Å². The third kappa shape index (κ3) is 3.08. The first kappa shape index (κ1) is 14.3. The monoisotopic (exact) mass is 303 g/mol. The molecule has 104 valence electrons. The highest BCUT2D eigenvalue weighted by Gasteiger charge is 2.36. The lowest BCUT2D eigenvalue weighted by atomic mass is 9.81. The van der Waals surface area contributed by atoms with Gasteiger partial charge in [0.05, 0.1) is 10.8 Å². The zero-order valence-corrected chi connectivity index (χ0v) is 11.8. The number of benzene rings is 1. The van der Waals surface area contributed by atoms with Crippen molar-refractivity contribution in [3.8, 4) is 0 Å². The van der Waals surface area contributed by atoms with E-state index in [9.17, 15) is 13.2 Å². The number of rotatable bonds is 4. The number of aliphatic carboxylic acids is 1. The summed E-state index contributed by atoms with van der Waals surface area (Å²) in [6.07, 6.45) is 0.655. The quantitative estimate of drug-likeness (QED) is 0.888. The number of hydrogen-bond acceptors (Lipinski definition) is 3. The van der Waals surface area contributed by atoms with Gasteiger partial charge in [0.25, 0.3) is 0 Å². The fraction of sp³-hybridized carbons (Fsp3) is 0.417. The molecule has 0 atom stereocenters. The van der Waals surface area contributed by atoms with E-state index in [0.29, 0.717) is 17.9 Å². The summed E-state index contributed by atoms with van der Waals surface area (Å²) in [4.78, 5) is 10.7. The van der Waals surface area contributed by atoms with Gasteiger partial charge in [-0.3, -0.25) is 4.79 Å². The van der Waals surface area contributed by atoms with Crippen LogP contribution in [-0.2, 0) is 14.8 Å². The van der Waals surface area contributed by atoms with Crippen LogP contribution in [0.2, 0.25) is 5.02 Å². The van der Waals surface area contributed by atoms with Crippen LogP contribution < -0.4 is 4.72 Å². The van der Waals surface area contributed by atoms with E-state index >= 15 is 0 Å². The standard InChI is InChI=1S/C12H14ClNO4S/c1-7-2-3-10(6-11(7)13)19(17,18)14-9-4-8(5-9)12(15)16/h2-3,6,8-9,14H,4-5H2,1H3,(H,15,16). The number of hydrogen-bond donors (Lipinski definition) is 2. The van der Waals surface area contributed by atoms with Crippen LogP contribution >= 0.6 is 11.6 Å². The van der Waals surface area contributed by atoms with Crippen molar-refractivity contribution in [2.45, 2.75) is 30.7 Å². The number of carboxylic acids is 1. The summed E-state index contributed by atoms with van der Waals surface area (Å²) in [5.41, 5.74) is 0.801. The third-order valence-corrected chi connectivity index (χ3v) is 5.19. The summed E-state index contributed by atoms with van der Waals surface area (Å²) in [5, 5.41) is 9.13. The van der Waals surface area contributed by atoms with Gasteiger partial charge in [-0.25, -0.2) is 13.1 Å². The minimum atomic E-state index is -3.64. The lowest BCUT2D eigenvalue weighted by Crippen LogP contribution is -2.46. The van der Waals surface area contributed by atoms with E-state index in [2.05, 4.69) is 4.72 Å². The fourth-order valence-electron chi connectivity index (χ4n) is 1.94. The highest BCUT2D eigenvalue weighted by Crippen LogP contribution is 2.29. The van der Waals surface area contributed by atoms with E-state index in [0.717, 1.165) is 5.56 Å². The second-order valence-electron chi connectivity index (χ2n) is 4.74. The SMILES string of the molecule is Cc1ccc(S(=O)(=O)NC2CC(C(=O)O)C2)cc1Cl. The molecule has 2 rings (SSSR count). The van der Waals surface area contributed by atoms with Crippen molar-refractivity contribution in [2.24, 2.45) is 5.92 Å². The topological polar surface area (TPSA) is 83.5 Å². The van der Waals surface area contributed by atoms with Crippen LogP contribution in [0, 0.1) is 12.8 Å². The van der Waals surface area contributed by atoms with Crippen molar-refractivity contribution >= 4 is 27.6 Å². The molecule has 0 unspecified atom stereocenters. The van der Waals surface area contributed by atoms with Crippen LogP contribution in [-0.4, -0.2) is 25.5 Å². The summed E-state index contributed by atoms with van der Waals surface area (Å²) >= 11 is 5.90. The molecule has 0 amide bonds. The molecule has 19 heavy (non-hydrogen) atoms. The Morgan fingerprint density at radius 2 is 2.05 bits per heavy atom. The molecule has 0 saturated heterocycles. The molecule has 1 aliphatic rings. The molecular formula is C12H14ClNO4S. The van der Waals surface area contributed by atoms with Crippen molar-refractivity contribution in [1.82, 2.24) is 4.72 Å². The van der Waals surface area contributed by atoms with Gasteiger partial charge in [-0.2, -0.15) is 0 Å². The first-order valence-electron chi connectivity index (χ1n) is 5.81. The molecule has 0 aliphatic heterocycles. The van der Waals surface area contributed by atoms with E-state index in [4.69, 9.17) is 16.7 Å². The molecule has 2 N–H and O–H groups in total. The second kappa shape index (κ2) is 5.11. The van der Waals surface area contributed by atoms with Crippen molar-refractivity contribution in [2.75, 3.05) is 0 Å². The predicted molar refractivity (Wildman–Crippen MR) is 70.7 cm³/mol. The van der Waals surface area contributed by atoms with Crippen LogP contribution in [0.25, 0.3) is 0 Å². The van der Waals surface area contributed by atoms with Crippen molar-refractivity contribution in [3.63, 3.8) is 0 Å². The Labute approximate surface area is 116 Å². The van der Waals surface area contributed by atoms with Gasteiger partial charge < -0.3 is 5.11 Å². The lowest BCUT2D eigenvalue weighted by Gasteiger charge is -2.32. The highest BCUT2D eigenvalue weighted by molar-refractivity contribution is 7.89. The first-order valence-corrected chi connectivity index (χ1v) is 7.67. The predicted octanol–water partition coefficient (Wildman–Crippen LogP) is 1.79. The molecule has 0 aromatic heterocycles. The molecule has 1 aromatic rings. The smallest absolute Gasteiger partial charge is 0.306 e. The van der Waals surface area contributed by atoms with Gasteiger partial charge in [-0.15, -0.1) is 0 Å². The molecule has 1 aliphatic carbocycles. The minimum absolute atomic E-state index is 0.0990. The Morgan fingerprint density at radius 3 is 2.58 bits per heavy atom. The number of nitrogens with one attached hydrogen (secondary N) is 1. The molecule has 0 heterocycles. The Kier molecular flexibility index (Phi) is 3.85. The van der Waals surface area contributed by atoms with E-state index in [1.54, 1.807) is 13.0 Å². The molecule has 1 aromatic carbocycles. The van der Waals surface area contributed by atoms with Crippen LogP contribution in [0.15, 0.2) is 23.1 Å². The largest absolute Gasteiger partial charge is 0.481 e. The lowest BCUT2D eigenvalue weighted by molar-refractivity contribution is -0.145. The summed E-state index contributed by atoms with van der Waals surface area (Å²) in [6, 6.07) is 4.20. The molecule has 1 saturated carbocycles. The molecular weight excluding hydrogens is 290 g/mol. The highest BCUT2D eigenvalue weighted by atomic mass is 35.5. The molecule has 0 spiro atoms. The molecule has 0 bridgehead atoms. The summed E-state index contributed by atoms with van der Waals surface area (Å²) in [7, 11) is -3.64. The van der Waals surface area contributed by atoms with E-state index in [1.165, 1.54) is 12.1 Å². The van der Waals surface area contributed by atoms with Crippen LogP contribution in [0.5, 0.6) is 0 Å². The van der Waals surface area contributed by atoms with Crippen molar-refractivity contribution < 1.29 is 18.3 Å². The maximum atomic E-state index is 12.1. The Bertz CT molecular complexity index is 608. The number of carboxylic acid groups (broad SMARTS) is 1. The van der Waals surface area contributed by atoms with Gasteiger partial charge >= 0.3 is 5.97 Å². The van der Waals surface area contributed by atoms with Crippen LogP contribution in [0.1, 0.15) is 18.4 Å². The molecule has 0 radical (unpaired) electrons. The average Bonchev–Trinajstić information content (AvgIpc) is 2.26. The van der Waals surface area contributed by atoms with Crippen molar-refractivity contribution in [1.29, 1.82) is 0 Å². The van der Waals surface area contributed by atoms with Gasteiger partial charge in [0.2, 0.25) is 10.0 Å². The normalized spacial score (nSPS) is 22.8. The van der Waals surface area contributed by atoms with E-state index < -0.39 is 21.9 Å². The van der Waals surface area contributed by atoms with Crippen LogP contribution in [0.4, 0.5) is 0 Å².